The Bertz CT molecular complexity index is 1150. The Morgan fingerprint density at radius 2 is 0.933 bits per heavy atom. The Kier molecular flexibility index (Phi) is 5.02. The van der Waals surface area contributed by atoms with E-state index in [1.165, 1.54) is 23.0 Å². The maximum absolute atomic E-state index is 13.7. The molecule has 5 nitrogen and oxygen atoms in total. The molecule has 2 heterocycles. The highest BCUT2D eigenvalue weighted by Gasteiger charge is 2.25. The highest BCUT2D eigenvalue weighted by molar-refractivity contribution is 6.16. The molecule has 4 aromatic rings. The largest absolute Gasteiger partial charge is 0.288 e. The van der Waals surface area contributed by atoms with Gasteiger partial charge in [0.15, 0.2) is 5.78 Å². The second kappa shape index (κ2) is 7.79. The fraction of sp³-hybridized carbons (Fsp3) is 0.0800. The van der Waals surface area contributed by atoms with Crippen LogP contribution in [0.5, 0.6) is 0 Å². The number of carbonyl (C=O) groups excluding carboxylic acids is 3. The van der Waals surface area contributed by atoms with Crippen molar-refractivity contribution in [3.05, 3.63) is 96.3 Å². The van der Waals surface area contributed by atoms with Gasteiger partial charge >= 0.3 is 0 Å². The van der Waals surface area contributed by atoms with Crippen molar-refractivity contribution in [3.8, 4) is 22.5 Å². The first kappa shape index (κ1) is 19.3. The van der Waals surface area contributed by atoms with Crippen molar-refractivity contribution in [2.75, 3.05) is 0 Å². The molecule has 0 bridgehead atoms. The zero-order valence-electron chi connectivity index (χ0n) is 16.7. The third kappa shape index (κ3) is 3.31. The molecule has 0 unspecified atom stereocenters. The molecule has 2 aromatic heterocycles. The molecule has 148 valence electrons. The Labute approximate surface area is 174 Å². The average molecular weight is 396 g/mol. The zero-order valence-corrected chi connectivity index (χ0v) is 16.7. The van der Waals surface area contributed by atoms with Gasteiger partial charge in [-0.1, -0.05) is 60.7 Å². The molecule has 0 amide bonds. The summed E-state index contributed by atoms with van der Waals surface area (Å²) in [6.07, 6.45) is 3.23. The predicted octanol–water partition coefficient (Wildman–Crippen LogP) is 5.17. The fourth-order valence-corrected chi connectivity index (χ4v) is 3.68. The van der Waals surface area contributed by atoms with Crippen LogP contribution in [0.3, 0.4) is 0 Å². The average Bonchev–Trinajstić information content (AvgIpc) is 3.39. The molecule has 0 aliphatic rings. The number of rotatable bonds is 4. The van der Waals surface area contributed by atoms with Gasteiger partial charge in [0.1, 0.15) is 0 Å². The van der Waals surface area contributed by atoms with Crippen LogP contribution in [-0.4, -0.2) is 26.7 Å². The molecule has 0 radical (unpaired) electrons. The molecule has 0 saturated carbocycles. The third-order valence-corrected chi connectivity index (χ3v) is 5.03. The minimum Gasteiger partial charge on any atom is -0.288 e. The molecule has 0 fully saturated rings. The molecule has 4 rings (SSSR count). The monoisotopic (exact) mass is 396 g/mol. The lowest BCUT2D eigenvalue weighted by Crippen LogP contribution is -2.11. The normalized spacial score (nSPS) is 10.7. The molecular weight excluding hydrogens is 376 g/mol. The smallest absolute Gasteiger partial charge is 0.227 e. The van der Waals surface area contributed by atoms with Crippen LogP contribution < -0.4 is 0 Å². The Hall–Kier alpha value is -3.99. The standard InChI is InChI=1S/C25H20N2O3/c1-17(28)26-15-13-21(23(26)19-9-5-3-6-10-19)25(30)22-14-16-27(18(2)29)24(22)20-11-7-4-8-12-20/h3-16H,1-2H3. The van der Waals surface area contributed by atoms with Gasteiger partial charge in [0.2, 0.25) is 11.8 Å². The van der Waals surface area contributed by atoms with Gasteiger partial charge in [-0.05, 0) is 23.3 Å². The molecule has 30 heavy (non-hydrogen) atoms. The lowest BCUT2D eigenvalue weighted by atomic mass is 9.97. The molecule has 0 aliphatic heterocycles. The van der Waals surface area contributed by atoms with E-state index >= 15 is 0 Å². The van der Waals surface area contributed by atoms with E-state index in [0.29, 0.717) is 22.5 Å². The number of benzene rings is 2. The van der Waals surface area contributed by atoms with Crippen LogP contribution in [-0.2, 0) is 0 Å². The summed E-state index contributed by atoms with van der Waals surface area (Å²) in [6, 6.07) is 22.0. The zero-order chi connectivity index (χ0) is 21.3. The molecule has 0 atom stereocenters. The lowest BCUT2D eigenvalue weighted by molar-refractivity contribution is 0.0930. The van der Waals surface area contributed by atoms with Gasteiger partial charge in [0.25, 0.3) is 0 Å². The first-order valence-electron chi connectivity index (χ1n) is 9.59. The van der Waals surface area contributed by atoms with Crippen molar-refractivity contribution in [1.82, 2.24) is 9.13 Å². The van der Waals surface area contributed by atoms with E-state index in [4.69, 9.17) is 0 Å². The van der Waals surface area contributed by atoms with Crippen LogP contribution in [0.4, 0.5) is 0 Å². The quantitative estimate of drug-likeness (QED) is 0.447. The second-order valence-corrected chi connectivity index (χ2v) is 7.00. The highest BCUT2D eigenvalue weighted by atomic mass is 16.2. The van der Waals surface area contributed by atoms with E-state index in [-0.39, 0.29) is 17.6 Å². The van der Waals surface area contributed by atoms with Gasteiger partial charge in [0, 0.05) is 37.4 Å². The number of hydrogen-bond acceptors (Lipinski definition) is 3. The maximum Gasteiger partial charge on any atom is 0.227 e. The minimum atomic E-state index is -0.243. The summed E-state index contributed by atoms with van der Waals surface area (Å²) >= 11 is 0. The first-order valence-corrected chi connectivity index (χ1v) is 9.59. The number of aromatic nitrogens is 2. The Balaban J connectivity index is 1.92. The van der Waals surface area contributed by atoms with Crippen molar-refractivity contribution in [1.29, 1.82) is 0 Å². The van der Waals surface area contributed by atoms with E-state index in [9.17, 15) is 14.4 Å². The summed E-state index contributed by atoms with van der Waals surface area (Å²) in [4.78, 5) is 38.1. The number of ketones is 1. The van der Waals surface area contributed by atoms with Crippen LogP contribution in [0.25, 0.3) is 22.5 Å². The summed E-state index contributed by atoms with van der Waals surface area (Å²) in [5.41, 5.74) is 3.46. The van der Waals surface area contributed by atoms with Crippen molar-refractivity contribution < 1.29 is 14.4 Å². The van der Waals surface area contributed by atoms with Crippen molar-refractivity contribution >= 4 is 17.6 Å². The van der Waals surface area contributed by atoms with Gasteiger partial charge in [-0.25, -0.2) is 0 Å². The van der Waals surface area contributed by atoms with Crippen LogP contribution in [0.15, 0.2) is 85.2 Å². The highest BCUT2D eigenvalue weighted by Crippen LogP contribution is 2.32. The van der Waals surface area contributed by atoms with Gasteiger partial charge in [-0.15, -0.1) is 0 Å². The van der Waals surface area contributed by atoms with Crippen molar-refractivity contribution in [3.63, 3.8) is 0 Å². The van der Waals surface area contributed by atoms with Crippen LogP contribution in [0.2, 0.25) is 0 Å². The SMILES string of the molecule is CC(=O)n1ccc(C(=O)c2ccn(C(C)=O)c2-c2ccccc2)c1-c1ccccc1. The van der Waals surface area contributed by atoms with E-state index in [1.807, 2.05) is 60.7 Å². The number of carbonyl (C=O) groups is 3. The minimum absolute atomic E-state index is 0.183. The van der Waals surface area contributed by atoms with E-state index in [0.717, 1.165) is 11.1 Å². The lowest BCUT2D eigenvalue weighted by Gasteiger charge is -2.11. The topological polar surface area (TPSA) is 61.1 Å². The van der Waals surface area contributed by atoms with E-state index in [2.05, 4.69) is 0 Å². The molecule has 0 spiro atoms. The summed E-state index contributed by atoms with van der Waals surface area (Å²) in [5.74, 6) is -0.609. The van der Waals surface area contributed by atoms with Crippen molar-refractivity contribution in [2.45, 2.75) is 13.8 Å². The van der Waals surface area contributed by atoms with Crippen LogP contribution in [0.1, 0.15) is 39.4 Å². The molecule has 5 heteroatoms. The van der Waals surface area contributed by atoms with E-state index < -0.39 is 0 Å². The summed E-state index contributed by atoms with van der Waals surface area (Å²) in [5, 5.41) is 0. The summed E-state index contributed by atoms with van der Waals surface area (Å²) in [6.45, 7) is 2.92. The third-order valence-electron chi connectivity index (χ3n) is 5.03. The molecule has 0 saturated heterocycles. The van der Waals surface area contributed by atoms with E-state index in [1.54, 1.807) is 24.5 Å². The van der Waals surface area contributed by atoms with Gasteiger partial charge in [-0.2, -0.15) is 0 Å². The summed E-state index contributed by atoms with van der Waals surface area (Å²) < 4.78 is 2.96. The molecular formula is C25H20N2O3. The van der Waals surface area contributed by atoms with Gasteiger partial charge in [0.05, 0.1) is 11.4 Å². The Morgan fingerprint density at radius 1 is 0.567 bits per heavy atom. The summed E-state index contributed by atoms with van der Waals surface area (Å²) in [7, 11) is 0. The maximum atomic E-state index is 13.7. The molecule has 0 aliphatic carbocycles. The van der Waals surface area contributed by atoms with Crippen LogP contribution in [0, 0.1) is 0 Å². The fourth-order valence-electron chi connectivity index (χ4n) is 3.68. The molecule has 2 aromatic carbocycles. The number of nitrogens with zero attached hydrogens (tertiary/aromatic N) is 2. The van der Waals surface area contributed by atoms with Gasteiger partial charge in [-0.3, -0.25) is 23.5 Å². The Morgan fingerprint density at radius 3 is 1.27 bits per heavy atom. The number of hydrogen-bond donors (Lipinski definition) is 0. The van der Waals surface area contributed by atoms with Crippen LogP contribution >= 0.6 is 0 Å². The van der Waals surface area contributed by atoms with Crippen molar-refractivity contribution in [2.24, 2.45) is 0 Å². The molecule has 0 N–H and O–H groups in total. The second-order valence-electron chi connectivity index (χ2n) is 7.00. The predicted molar refractivity (Wildman–Crippen MR) is 116 cm³/mol. The van der Waals surface area contributed by atoms with Gasteiger partial charge < -0.3 is 0 Å². The first-order chi connectivity index (χ1) is 14.5.